The number of hydrogen-bond acceptors (Lipinski definition) is 6. The average molecular weight is 444 g/mol. The highest BCUT2D eigenvalue weighted by Gasteiger charge is 2.46. The van der Waals surface area contributed by atoms with Gasteiger partial charge < -0.3 is 14.7 Å². The lowest BCUT2D eigenvalue weighted by Crippen LogP contribution is -2.29. The maximum atomic E-state index is 13.1. The second-order valence-corrected chi connectivity index (χ2v) is 7.50. The van der Waals surface area contributed by atoms with Crippen molar-refractivity contribution in [1.29, 1.82) is 0 Å². The predicted molar refractivity (Wildman–Crippen MR) is 120 cm³/mol. The predicted octanol–water partition coefficient (Wildman–Crippen LogP) is 4.23. The smallest absolute Gasteiger partial charge is 0.295 e. The molecular formula is C25H20N2O6. The van der Waals surface area contributed by atoms with Crippen molar-refractivity contribution < 1.29 is 24.4 Å². The Hall–Kier alpha value is -4.46. The molecule has 3 aromatic rings. The minimum atomic E-state index is -1.00. The van der Waals surface area contributed by atoms with Gasteiger partial charge in [0.25, 0.3) is 17.4 Å². The largest absolute Gasteiger partial charge is 0.507 e. The van der Waals surface area contributed by atoms with Crippen molar-refractivity contribution in [3.05, 3.63) is 111 Å². The monoisotopic (exact) mass is 444 g/mol. The maximum Gasteiger partial charge on any atom is 0.295 e. The molecule has 1 aliphatic heterocycles. The highest BCUT2D eigenvalue weighted by molar-refractivity contribution is 6.46. The van der Waals surface area contributed by atoms with E-state index in [1.807, 2.05) is 30.3 Å². The van der Waals surface area contributed by atoms with E-state index in [1.165, 1.54) is 30.2 Å². The molecule has 0 radical (unpaired) electrons. The summed E-state index contributed by atoms with van der Waals surface area (Å²) >= 11 is 0. The number of Topliss-reactive ketones (excluding diaryl/α,β-unsaturated/α-hetero) is 1. The van der Waals surface area contributed by atoms with Gasteiger partial charge in [-0.2, -0.15) is 0 Å². The fourth-order valence-electron chi connectivity index (χ4n) is 3.90. The normalized spacial score (nSPS) is 17.2. The molecule has 4 rings (SSSR count). The van der Waals surface area contributed by atoms with Crippen molar-refractivity contribution >= 4 is 23.1 Å². The van der Waals surface area contributed by atoms with Crippen LogP contribution in [0.5, 0.6) is 5.75 Å². The molecule has 0 saturated carbocycles. The van der Waals surface area contributed by atoms with Crippen LogP contribution in [0.3, 0.4) is 0 Å². The summed E-state index contributed by atoms with van der Waals surface area (Å²) in [4.78, 5) is 38.3. The fourth-order valence-corrected chi connectivity index (χ4v) is 3.90. The van der Waals surface area contributed by atoms with Gasteiger partial charge >= 0.3 is 0 Å². The number of amides is 1. The van der Waals surface area contributed by atoms with E-state index in [9.17, 15) is 24.8 Å². The van der Waals surface area contributed by atoms with E-state index in [4.69, 9.17) is 4.74 Å². The number of carbonyl (C=O) groups is 2. The molecule has 1 atom stereocenters. The van der Waals surface area contributed by atoms with Crippen LogP contribution in [-0.4, -0.2) is 33.7 Å². The number of rotatable bonds is 6. The van der Waals surface area contributed by atoms with E-state index in [2.05, 4.69) is 0 Å². The van der Waals surface area contributed by atoms with Crippen LogP contribution in [-0.2, 0) is 16.1 Å². The van der Waals surface area contributed by atoms with Crippen LogP contribution in [0.1, 0.15) is 22.7 Å². The molecule has 0 spiro atoms. The van der Waals surface area contributed by atoms with Crippen molar-refractivity contribution in [2.75, 3.05) is 7.11 Å². The summed E-state index contributed by atoms with van der Waals surface area (Å²) in [5.41, 5.74) is 1.10. The fraction of sp³-hybridized carbons (Fsp3) is 0.120. The molecule has 8 heteroatoms. The maximum absolute atomic E-state index is 13.1. The van der Waals surface area contributed by atoms with Crippen LogP contribution in [0.4, 0.5) is 5.69 Å². The van der Waals surface area contributed by atoms with E-state index >= 15 is 0 Å². The summed E-state index contributed by atoms with van der Waals surface area (Å²) < 4.78 is 5.20. The Morgan fingerprint density at radius 3 is 2.45 bits per heavy atom. The Labute approximate surface area is 189 Å². The second-order valence-electron chi connectivity index (χ2n) is 7.50. The van der Waals surface area contributed by atoms with Crippen molar-refractivity contribution in [2.24, 2.45) is 0 Å². The molecule has 166 valence electrons. The first-order valence-corrected chi connectivity index (χ1v) is 10.1. The Bertz CT molecular complexity index is 1270. The van der Waals surface area contributed by atoms with Crippen molar-refractivity contribution in [3.8, 4) is 5.75 Å². The molecule has 1 heterocycles. The molecule has 1 N–H and O–H groups in total. The quantitative estimate of drug-likeness (QED) is 0.200. The number of nitro benzene ring substituents is 1. The lowest BCUT2D eigenvalue weighted by Gasteiger charge is -2.25. The molecule has 0 bridgehead atoms. The second kappa shape index (κ2) is 8.96. The van der Waals surface area contributed by atoms with Crippen LogP contribution < -0.4 is 4.74 Å². The SMILES string of the molecule is COc1cccc(C(O)=C2C(=O)C(=O)N(Cc3ccccc3)C2c2cccc([N+](=O)[O-])c2)c1. The van der Waals surface area contributed by atoms with E-state index < -0.39 is 22.7 Å². The Morgan fingerprint density at radius 1 is 1.03 bits per heavy atom. The first kappa shape index (κ1) is 21.8. The topological polar surface area (TPSA) is 110 Å². The van der Waals surface area contributed by atoms with Gasteiger partial charge in [0.2, 0.25) is 0 Å². The van der Waals surface area contributed by atoms with Crippen molar-refractivity contribution in [3.63, 3.8) is 0 Å². The van der Waals surface area contributed by atoms with Crippen LogP contribution in [0.2, 0.25) is 0 Å². The summed E-state index contributed by atoms with van der Waals surface area (Å²) in [5, 5.41) is 22.5. The Kier molecular flexibility index (Phi) is 5.91. The number of methoxy groups -OCH3 is 1. The van der Waals surface area contributed by atoms with Gasteiger partial charge in [-0.15, -0.1) is 0 Å². The third-order valence-corrected chi connectivity index (χ3v) is 5.48. The summed E-state index contributed by atoms with van der Waals surface area (Å²) in [5.74, 6) is -1.56. The zero-order valence-corrected chi connectivity index (χ0v) is 17.7. The number of non-ortho nitro benzene ring substituents is 1. The summed E-state index contributed by atoms with van der Waals surface area (Å²) in [6, 6.07) is 20.3. The highest BCUT2D eigenvalue weighted by Crippen LogP contribution is 2.41. The first-order valence-electron chi connectivity index (χ1n) is 10.1. The average Bonchev–Trinajstić information content (AvgIpc) is 3.09. The molecular weight excluding hydrogens is 424 g/mol. The highest BCUT2D eigenvalue weighted by atomic mass is 16.6. The van der Waals surface area contributed by atoms with Crippen LogP contribution in [0.15, 0.2) is 84.4 Å². The van der Waals surface area contributed by atoms with Gasteiger partial charge in [-0.1, -0.05) is 54.6 Å². The molecule has 33 heavy (non-hydrogen) atoms. The molecule has 1 amide bonds. The van der Waals surface area contributed by atoms with Gasteiger partial charge in [-0.3, -0.25) is 19.7 Å². The standard InChI is InChI=1S/C25H20N2O6/c1-33-20-12-6-10-18(14-20)23(28)21-22(17-9-5-11-19(13-17)27(31)32)26(25(30)24(21)29)15-16-7-3-2-4-8-16/h2-14,22,28H,15H2,1H3. The zero-order chi connectivity index (χ0) is 23.5. The number of ether oxygens (including phenoxy) is 1. The lowest BCUT2D eigenvalue weighted by molar-refractivity contribution is -0.384. The van der Waals surface area contributed by atoms with Gasteiger partial charge in [-0.25, -0.2) is 0 Å². The minimum absolute atomic E-state index is 0.0909. The number of carbonyl (C=O) groups excluding carboxylic acids is 2. The van der Waals surface area contributed by atoms with Crippen LogP contribution in [0, 0.1) is 10.1 Å². The van der Waals surface area contributed by atoms with Crippen molar-refractivity contribution in [2.45, 2.75) is 12.6 Å². The number of nitrogens with zero attached hydrogens (tertiary/aromatic N) is 2. The first-order chi connectivity index (χ1) is 15.9. The molecule has 0 aromatic heterocycles. The van der Waals surface area contributed by atoms with Crippen LogP contribution >= 0.6 is 0 Å². The Balaban J connectivity index is 1.90. The third-order valence-electron chi connectivity index (χ3n) is 5.48. The third kappa shape index (κ3) is 4.18. The van der Waals surface area contributed by atoms with E-state index in [-0.39, 0.29) is 23.6 Å². The molecule has 0 aliphatic carbocycles. The van der Waals surface area contributed by atoms with E-state index in [0.29, 0.717) is 16.9 Å². The lowest BCUT2D eigenvalue weighted by atomic mass is 9.94. The van der Waals surface area contributed by atoms with Gasteiger partial charge in [0.05, 0.1) is 23.6 Å². The van der Waals surface area contributed by atoms with Gasteiger partial charge in [0.1, 0.15) is 11.5 Å². The van der Waals surface area contributed by atoms with Crippen LogP contribution in [0.25, 0.3) is 5.76 Å². The molecule has 8 nitrogen and oxygen atoms in total. The molecule has 1 fully saturated rings. The van der Waals surface area contributed by atoms with Gasteiger partial charge in [0.15, 0.2) is 0 Å². The summed E-state index contributed by atoms with van der Waals surface area (Å²) in [7, 11) is 1.47. The molecule has 3 aromatic carbocycles. The minimum Gasteiger partial charge on any atom is -0.507 e. The summed E-state index contributed by atoms with van der Waals surface area (Å²) in [6.45, 7) is 0.0909. The number of aliphatic hydroxyl groups excluding tert-OH is 1. The van der Waals surface area contributed by atoms with Crippen molar-refractivity contribution in [1.82, 2.24) is 4.90 Å². The number of likely N-dealkylation sites (tertiary alicyclic amines) is 1. The molecule has 1 saturated heterocycles. The molecule has 1 unspecified atom stereocenters. The number of ketones is 1. The van der Waals surface area contributed by atoms with Gasteiger partial charge in [0, 0.05) is 24.2 Å². The number of hydrogen-bond donors (Lipinski definition) is 1. The number of nitro groups is 1. The van der Waals surface area contributed by atoms with E-state index in [0.717, 1.165) is 5.56 Å². The van der Waals surface area contributed by atoms with Gasteiger partial charge in [-0.05, 0) is 23.3 Å². The van der Waals surface area contributed by atoms with E-state index in [1.54, 1.807) is 30.3 Å². The molecule has 1 aliphatic rings. The number of aliphatic hydroxyl groups is 1. The Morgan fingerprint density at radius 2 is 1.76 bits per heavy atom. The number of benzene rings is 3. The summed E-state index contributed by atoms with van der Waals surface area (Å²) in [6.07, 6.45) is 0. The zero-order valence-electron chi connectivity index (χ0n) is 17.7.